The molecule has 5 nitrogen and oxygen atoms in total. The predicted octanol–water partition coefficient (Wildman–Crippen LogP) is 0.000600. The Balaban J connectivity index is 3.86. The van der Waals surface area contributed by atoms with Crippen molar-refractivity contribution >= 4 is 11.8 Å². The molecule has 0 radical (unpaired) electrons. The normalized spacial score (nSPS) is 14.6. The first-order chi connectivity index (χ1) is 7.34. The van der Waals surface area contributed by atoms with Gasteiger partial charge >= 0.3 is 0 Å². The highest BCUT2D eigenvalue weighted by atomic mass is 16.2. The number of amides is 2. The van der Waals surface area contributed by atoms with Crippen molar-refractivity contribution in [3.8, 4) is 0 Å². The summed E-state index contributed by atoms with van der Waals surface area (Å²) in [5.74, 6) is 0.00342. The van der Waals surface area contributed by atoms with Gasteiger partial charge in [0.1, 0.15) is 0 Å². The van der Waals surface area contributed by atoms with E-state index >= 15 is 0 Å². The molecule has 0 aromatic rings. The third kappa shape index (κ3) is 6.40. The van der Waals surface area contributed by atoms with Crippen LogP contribution in [0.5, 0.6) is 0 Å². The average molecular weight is 229 g/mol. The molecular formula is C11H23N3O2. The van der Waals surface area contributed by atoms with Gasteiger partial charge in [-0.25, -0.2) is 0 Å². The fourth-order valence-electron chi connectivity index (χ4n) is 1.17. The maximum absolute atomic E-state index is 11.6. The minimum atomic E-state index is -0.495. The van der Waals surface area contributed by atoms with Crippen LogP contribution in [-0.2, 0) is 9.59 Å². The molecule has 0 aliphatic carbocycles. The zero-order valence-corrected chi connectivity index (χ0v) is 10.5. The molecule has 94 valence electrons. The summed E-state index contributed by atoms with van der Waals surface area (Å²) in [6.07, 6.45) is 0.948. The minimum Gasteiger partial charge on any atom is -0.368 e. The van der Waals surface area contributed by atoms with E-state index in [1.807, 2.05) is 0 Å². The molecule has 0 rings (SSSR count). The van der Waals surface area contributed by atoms with Gasteiger partial charge in [-0.15, -0.1) is 0 Å². The minimum absolute atomic E-state index is 0.103. The van der Waals surface area contributed by atoms with E-state index in [1.165, 1.54) is 0 Å². The number of nitrogens with two attached hydrogens (primary N) is 1. The number of hydrogen-bond donors (Lipinski definition) is 3. The Morgan fingerprint density at radius 1 is 1.12 bits per heavy atom. The molecule has 16 heavy (non-hydrogen) atoms. The number of hydrogen-bond acceptors (Lipinski definition) is 3. The molecule has 0 saturated heterocycles. The molecule has 2 atom stereocenters. The second-order valence-corrected chi connectivity index (χ2v) is 4.49. The molecule has 2 amide bonds. The molecule has 0 heterocycles. The Morgan fingerprint density at radius 3 is 2.12 bits per heavy atom. The topological polar surface area (TPSA) is 84.2 Å². The fraction of sp³-hybridized carbons (Fsp3) is 0.818. The van der Waals surface area contributed by atoms with E-state index in [-0.39, 0.29) is 5.91 Å². The van der Waals surface area contributed by atoms with Crippen molar-refractivity contribution in [1.82, 2.24) is 10.6 Å². The molecule has 0 spiro atoms. The van der Waals surface area contributed by atoms with Crippen LogP contribution in [0, 0.1) is 5.92 Å². The second kappa shape index (κ2) is 7.22. The van der Waals surface area contributed by atoms with Crippen molar-refractivity contribution in [2.75, 3.05) is 6.54 Å². The third-order valence-electron chi connectivity index (χ3n) is 2.34. The smallest absolute Gasteiger partial charge is 0.236 e. The zero-order valence-electron chi connectivity index (χ0n) is 10.5. The van der Waals surface area contributed by atoms with Gasteiger partial charge in [0.25, 0.3) is 0 Å². The van der Waals surface area contributed by atoms with E-state index < -0.39 is 18.0 Å². The maximum Gasteiger partial charge on any atom is 0.236 e. The number of nitrogens with one attached hydrogen (secondary N) is 2. The van der Waals surface area contributed by atoms with Gasteiger partial charge in [0.05, 0.1) is 12.1 Å². The van der Waals surface area contributed by atoms with Crippen molar-refractivity contribution in [3.05, 3.63) is 0 Å². The van der Waals surface area contributed by atoms with Gasteiger partial charge in [0.15, 0.2) is 0 Å². The van der Waals surface area contributed by atoms with Crippen LogP contribution < -0.4 is 16.4 Å². The lowest BCUT2D eigenvalue weighted by Crippen LogP contribution is -2.50. The molecular weight excluding hydrogens is 206 g/mol. The van der Waals surface area contributed by atoms with Crippen LogP contribution in [0.4, 0.5) is 0 Å². The van der Waals surface area contributed by atoms with Crippen LogP contribution in [0.1, 0.15) is 34.1 Å². The molecule has 2 unspecified atom stereocenters. The van der Waals surface area contributed by atoms with E-state index in [0.717, 1.165) is 6.42 Å². The molecule has 0 aliphatic heterocycles. The maximum atomic E-state index is 11.6. The molecule has 0 fully saturated rings. The van der Waals surface area contributed by atoms with Crippen molar-refractivity contribution in [3.63, 3.8) is 0 Å². The number of rotatable bonds is 7. The largest absolute Gasteiger partial charge is 0.368 e. The van der Waals surface area contributed by atoms with Gasteiger partial charge in [-0.3, -0.25) is 14.9 Å². The Hall–Kier alpha value is -1.10. The summed E-state index contributed by atoms with van der Waals surface area (Å²) in [6.45, 7) is 8.21. The fourth-order valence-corrected chi connectivity index (χ4v) is 1.17. The summed E-state index contributed by atoms with van der Waals surface area (Å²) in [6, 6.07) is -0.902. The molecule has 5 heteroatoms. The van der Waals surface area contributed by atoms with Crippen molar-refractivity contribution in [1.29, 1.82) is 0 Å². The molecule has 0 aromatic heterocycles. The summed E-state index contributed by atoms with van der Waals surface area (Å²) in [4.78, 5) is 22.3. The van der Waals surface area contributed by atoms with Gasteiger partial charge in [0, 0.05) is 6.54 Å². The highest BCUT2D eigenvalue weighted by molar-refractivity contribution is 5.83. The second-order valence-electron chi connectivity index (χ2n) is 4.49. The lowest BCUT2D eigenvalue weighted by Gasteiger charge is -2.17. The summed E-state index contributed by atoms with van der Waals surface area (Å²) < 4.78 is 0. The monoisotopic (exact) mass is 229 g/mol. The summed E-state index contributed by atoms with van der Waals surface area (Å²) >= 11 is 0. The molecule has 0 aromatic carbocycles. The first-order valence-corrected chi connectivity index (χ1v) is 5.67. The Kier molecular flexibility index (Phi) is 6.72. The lowest BCUT2D eigenvalue weighted by molar-refractivity contribution is -0.124. The Bertz CT molecular complexity index is 241. The molecule has 0 bridgehead atoms. The molecule has 4 N–H and O–H groups in total. The van der Waals surface area contributed by atoms with Crippen molar-refractivity contribution in [2.24, 2.45) is 11.7 Å². The van der Waals surface area contributed by atoms with Gasteiger partial charge in [0.2, 0.25) is 11.8 Å². The van der Waals surface area contributed by atoms with E-state index in [4.69, 9.17) is 5.73 Å². The Morgan fingerprint density at radius 2 is 1.69 bits per heavy atom. The highest BCUT2D eigenvalue weighted by Gasteiger charge is 2.17. The number of carbonyl (C=O) groups is 2. The van der Waals surface area contributed by atoms with Gasteiger partial charge in [-0.05, 0) is 26.2 Å². The van der Waals surface area contributed by atoms with Crippen LogP contribution >= 0.6 is 0 Å². The van der Waals surface area contributed by atoms with E-state index in [9.17, 15) is 9.59 Å². The van der Waals surface area contributed by atoms with Crippen LogP contribution in [0.15, 0.2) is 0 Å². The Labute approximate surface area is 97.2 Å². The summed E-state index contributed by atoms with van der Waals surface area (Å²) in [5.41, 5.74) is 5.09. The van der Waals surface area contributed by atoms with Crippen LogP contribution in [0.3, 0.4) is 0 Å². The summed E-state index contributed by atoms with van der Waals surface area (Å²) in [5, 5.41) is 5.64. The highest BCUT2D eigenvalue weighted by Crippen LogP contribution is 1.96. The van der Waals surface area contributed by atoms with E-state index in [1.54, 1.807) is 13.8 Å². The van der Waals surface area contributed by atoms with E-state index in [2.05, 4.69) is 24.5 Å². The number of primary amides is 1. The van der Waals surface area contributed by atoms with E-state index in [0.29, 0.717) is 12.5 Å². The predicted molar refractivity (Wildman–Crippen MR) is 63.7 cm³/mol. The number of carbonyl (C=O) groups excluding carboxylic acids is 2. The zero-order chi connectivity index (χ0) is 12.7. The van der Waals surface area contributed by atoms with Gasteiger partial charge in [-0.2, -0.15) is 0 Å². The van der Waals surface area contributed by atoms with Crippen LogP contribution in [0.2, 0.25) is 0 Å². The van der Waals surface area contributed by atoms with Crippen molar-refractivity contribution in [2.45, 2.75) is 46.2 Å². The molecule has 0 saturated carbocycles. The van der Waals surface area contributed by atoms with Crippen LogP contribution in [-0.4, -0.2) is 30.4 Å². The van der Waals surface area contributed by atoms with Crippen LogP contribution in [0.25, 0.3) is 0 Å². The SMILES string of the molecule is CC(C)CCNC(=O)C(C)NC(C)C(N)=O. The lowest BCUT2D eigenvalue weighted by atomic mass is 10.1. The van der Waals surface area contributed by atoms with Crippen molar-refractivity contribution < 1.29 is 9.59 Å². The first kappa shape index (κ1) is 14.9. The summed E-state index contributed by atoms with van der Waals surface area (Å²) in [7, 11) is 0. The standard InChI is InChI=1S/C11H23N3O2/c1-7(2)5-6-13-11(16)9(4)14-8(3)10(12)15/h7-9,14H,5-6H2,1-4H3,(H2,12,15)(H,13,16). The van der Waals surface area contributed by atoms with Gasteiger partial charge in [-0.1, -0.05) is 13.8 Å². The quantitative estimate of drug-likeness (QED) is 0.574. The third-order valence-corrected chi connectivity index (χ3v) is 2.34. The molecule has 0 aliphatic rings. The average Bonchev–Trinajstić information content (AvgIpc) is 2.16. The van der Waals surface area contributed by atoms with Gasteiger partial charge < -0.3 is 11.1 Å². The first-order valence-electron chi connectivity index (χ1n) is 5.67.